The Kier molecular flexibility index (Phi) is 5.56. The van der Waals surface area contributed by atoms with Gasteiger partial charge in [0.1, 0.15) is 0 Å². The molecule has 0 aromatic rings. The summed E-state index contributed by atoms with van der Waals surface area (Å²) in [5.74, 6) is -4.03. The van der Waals surface area contributed by atoms with Gasteiger partial charge in [-0.1, -0.05) is 0 Å². The zero-order valence-corrected chi connectivity index (χ0v) is 10.8. The number of fused-ring (bicyclic) bond motifs is 1. The first-order valence-corrected chi connectivity index (χ1v) is 6.07. The zero-order valence-electron chi connectivity index (χ0n) is 10.8. The van der Waals surface area contributed by atoms with E-state index in [0.29, 0.717) is 12.2 Å². The summed E-state index contributed by atoms with van der Waals surface area (Å²) >= 11 is 0. The van der Waals surface area contributed by atoms with Crippen molar-refractivity contribution in [1.82, 2.24) is 5.32 Å². The fourth-order valence-electron chi connectivity index (χ4n) is 2.19. The van der Waals surface area contributed by atoms with Crippen molar-refractivity contribution in [2.24, 2.45) is 11.8 Å². The van der Waals surface area contributed by atoms with Gasteiger partial charge in [0.05, 0.1) is 24.0 Å². The molecule has 0 aromatic carbocycles. The van der Waals surface area contributed by atoms with Crippen LogP contribution in [0.3, 0.4) is 0 Å². The summed E-state index contributed by atoms with van der Waals surface area (Å²) in [5.41, 5.74) is 0. The number of hydrogen-bond donors (Lipinski definition) is 5. The highest BCUT2D eigenvalue weighted by atomic mass is 16.4. The van der Waals surface area contributed by atoms with Crippen molar-refractivity contribution in [2.75, 3.05) is 0 Å². The first-order chi connectivity index (χ1) is 9.72. The number of nitrogens with one attached hydrogen (secondary N) is 1. The van der Waals surface area contributed by atoms with E-state index in [1.54, 1.807) is 0 Å². The molecule has 1 aliphatic carbocycles. The number of carboxylic acid groups (broad SMARTS) is 2. The predicted octanol–water partition coefficient (Wildman–Crippen LogP) is -1.90. The Labute approximate surface area is 118 Å². The molecule has 5 N–H and O–H groups in total. The quantitative estimate of drug-likeness (QED) is 0.292. The van der Waals surface area contributed by atoms with E-state index in [1.165, 1.54) is 0 Å². The molecule has 21 heavy (non-hydrogen) atoms. The Morgan fingerprint density at radius 2 is 1.24 bits per heavy atom. The van der Waals surface area contributed by atoms with E-state index in [2.05, 4.69) is 5.32 Å². The zero-order chi connectivity index (χ0) is 16.2. The van der Waals surface area contributed by atoms with Gasteiger partial charge in [-0.2, -0.15) is 0 Å². The first-order valence-electron chi connectivity index (χ1n) is 6.07. The van der Waals surface area contributed by atoms with Crippen LogP contribution in [0.1, 0.15) is 12.8 Å². The Hall–Kier alpha value is -2.26. The molecule has 4 unspecified atom stereocenters. The van der Waals surface area contributed by atoms with Crippen molar-refractivity contribution >= 4 is 23.8 Å². The van der Waals surface area contributed by atoms with Gasteiger partial charge in [0.25, 0.3) is 0 Å². The standard InChI is InChI=1S/C8H11NO4.C4H4O4/c10-5-1-3-4(2-6(5)11)8(13)9-7(3)12;5-3(6)1-2-4(7)8/h3-6,10-11H,1-2H2,(H,9,12,13);1-2H,(H,5,6)(H,7,8)/b;2-1-. The van der Waals surface area contributed by atoms with Gasteiger partial charge in [-0.3, -0.25) is 14.9 Å². The van der Waals surface area contributed by atoms with Crippen LogP contribution < -0.4 is 5.32 Å². The number of amides is 2. The number of carbonyl (C=O) groups excluding carboxylic acids is 2. The minimum absolute atomic E-state index is 0.184. The lowest BCUT2D eigenvalue weighted by Crippen LogP contribution is -2.40. The first kappa shape index (κ1) is 16.8. The molecule has 1 aliphatic heterocycles. The maximum atomic E-state index is 11.1. The van der Waals surface area contributed by atoms with Crippen molar-refractivity contribution in [3.05, 3.63) is 12.2 Å². The van der Waals surface area contributed by atoms with E-state index >= 15 is 0 Å². The third-order valence-corrected chi connectivity index (χ3v) is 3.21. The van der Waals surface area contributed by atoms with E-state index in [-0.39, 0.29) is 24.7 Å². The van der Waals surface area contributed by atoms with Gasteiger partial charge in [0.15, 0.2) is 0 Å². The summed E-state index contributed by atoms with van der Waals surface area (Å²) in [4.78, 5) is 41.4. The molecule has 1 saturated heterocycles. The number of carboxylic acids is 2. The van der Waals surface area contributed by atoms with Gasteiger partial charge in [-0.15, -0.1) is 0 Å². The van der Waals surface area contributed by atoms with Crippen LogP contribution in [0.25, 0.3) is 0 Å². The van der Waals surface area contributed by atoms with Gasteiger partial charge in [0.2, 0.25) is 11.8 Å². The summed E-state index contributed by atoms with van der Waals surface area (Å²) in [5, 5.41) is 36.4. The molecule has 0 radical (unpaired) electrons. The van der Waals surface area contributed by atoms with Crippen LogP contribution in [-0.2, 0) is 19.2 Å². The van der Waals surface area contributed by atoms with Gasteiger partial charge in [-0.05, 0) is 12.8 Å². The van der Waals surface area contributed by atoms with Crippen LogP contribution in [0.5, 0.6) is 0 Å². The monoisotopic (exact) mass is 301 g/mol. The second-order valence-electron chi connectivity index (χ2n) is 4.68. The Balaban J connectivity index is 0.000000240. The number of aliphatic carboxylic acids is 2. The molecule has 2 aliphatic rings. The van der Waals surface area contributed by atoms with Crippen LogP contribution in [0.4, 0.5) is 0 Å². The van der Waals surface area contributed by atoms with Crippen molar-refractivity contribution in [3.8, 4) is 0 Å². The predicted molar refractivity (Wildman–Crippen MR) is 65.8 cm³/mol. The largest absolute Gasteiger partial charge is 0.478 e. The number of rotatable bonds is 2. The number of hydrogen-bond acceptors (Lipinski definition) is 6. The second kappa shape index (κ2) is 6.95. The smallest absolute Gasteiger partial charge is 0.328 e. The average molecular weight is 301 g/mol. The third kappa shape index (κ3) is 4.65. The normalized spacial score (nSPS) is 31.1. The maximum absolute atomic E-state index is 11.1. The molecule has 4 atom stereocenters. The van der Waals surface area contributed by atoms with E-state index in [1.807, 2.05) is 0 Å². The average Bonchev–Trinajstić information content (AvgIpc) is 2.64. The third-order valence-electron chi connectivity index (χ3n) is 3.21. The summed E-state index contributed by atoms with van der Waals surface area (Å²) < 4.78 is 0. The van der Waals surface area contributed by atoms with E-state index in [4.69, 9.17) is 10.2 Å². The Bertz CT molecular complexity index is 444. The van der Waals surface area contributed by atoms with Gasteiger partial charge < -0.3 is 20.4 Å². The maximum Gasteiger partial charge on any atom is 0.328 e. The molecule has 9 nitrogen and oxygen atoms in total. The number of carbonyl (C=O) groups is 4. The molecule has 2 rings (SSSR count). The topological polar surface area (TPSA) is 161 Å². The summed E-state index contributed by atoms with van der Waals surface area (Å²) in [7, 11) is 0. The lowest BCUT2D eigenvalue weighted by atomic mass is 9.78. The van der Waals surface area contributed by atoms with Gasteiger partial charge in [0, 0.05) is 12.2 Å². The van der Waals surface area contributed by atoms with E-state index < -0.39 is 36.0 Å². The highest BCUT2D eigenvalue weighted by Crippen LogP contribution is 2.34. The van der Waals surface area contributed by atoms with Gasteiger partial charge in [-0.25, -0.2) is 9.59 Å². The molecule has 0 spiro atoms. The Morgan fingerprint density at radius 3 is 1.52 bits per heavy atom. The molecule has 2 fully saturated rings. The van der Waals surface area contributed by atoms with Crippen LogP contribution in [0.15, 0.2) is 12.2 Å². The van der Waals surface area contributed by atoms with Crippen LogP contribution in [0.2, 0.25) is 0 Å². The summed E-state index contributed by atoms with van der Waals surface area (Å²) in [6.45, 7) is 0. The lowest BCUT2D eigenvalue weighted by Gasteiger charge is -2.29. The number of aliphatic hydroxyl groups is 2. The molecule has 1 saturated carbocycles. The number of imide groups is 1. The Morgan fingerprint density at radius 1 is 0.905 bits per heavy atom. The van der Waals surface area contributed by atoms with Gasteiger partial charge >= 0.3 is 11.9 Å². The second-order valence-corrected chi connectivity index (χ2v) is 4.68. The fraction of sp³-hybridized carbons (Fsp3) is 0.500. The summed E-state index contributed by atoms with van der Waals surface area (Å²) in [6, 6.07) is 0. The van der Waals surface area contributed by atoms with Crippen molar-refractivity contribution < 1.29 is 39.6 Å². The molecule has 1 heterocycles. The van der Waals surface area contributed by atoms with Crippen LogP contribution >= 0.6 is 0 Å². The van der Waals surface area contributed by atoms with Crippen molar-refractivity contribution in [3.63, 3.8) is 0 Å². The fourth-order valence-corrected chi connectivity index (χ4v) is 2.19. The molecular weight excluding hydrogens is 286 g/mol. The van der Waals surface area contributed by atoms with E-state index in [0.717, 1.165) is 0 Å². The molecule has 0 aromatic heterocycles. The van der Waals surface area contributed by atoms with E-state index in [9.17, 15) is 29.4 Å². The molecule has 2 amide bonds. The summed E-state index contributed by atoms with van der Waals surface area (Å²) in [6.07, 6.45) is -0.270. The van der Waals surface area contributed by atoms with Crippen molar-refractivity contribution in [1.29, 1.82) is 0 Å². The minimum Gasteiger partial charge on any atom is -0.478 e. The molecular formula is C12H15NO8. The van der Waals surface area contributed by atoms with Crippen molar-refractivity contribution in [2.45, 2.75) is 25.0 Å². The molecule has 116 valence electrons. The molecule has 9 heteroatoms. The highest BCUT2D eigenvalue weighted by molar-refractivity contribution is 6.05. The minimum atomic E-state index is -1.26. The lowest BCUT2D eigenvalue weighted by molar-refractivity contribution is -0.134. The number of aliphatic hydroxyl groups excluding tert-OH is 2. The van der Waals surface area contributed by atoms with Crippen LogP contribution in [0, 0.1) is 11.8 Å². The van der Waals surface area contributed by atoms with Crippen LogP contribution in [-0.4, -0.2) is 56.4 Å². The molecule has 0 bridgehead atoms. The SMILES string of the molecule is O=C(O)/C=C\C(=O)O.O=C1NC(=O)C2CC(O)C(O)CC12. The highest BCUT2D eigenvalue weighted by Gasteiger charge is 2.47.